The van der Waals surface area contributed by atoms with Gasteiger partial charge in [-0.2, -0.15) is 17.5 Å². The topological polar surface area (TPSA) is 57.7 Å². The van der Waals surface area contributed by atoms with Gasteiger partial charge in [-0.05, 0) is 37.8 Å². The van der Waals surface area contributed by atoms with E-state index in [1.807, 2.05) is 6.92 Å². The normalized spacial score (nSPS) is 20.2. The average molecular weight is 511 g/mol. The molecule has 0 spiro atoms. The van der Waals surface area contributed by atoms with E-state index >= 15 is 0 Å². The fraction of sp³-hybridized carbons (Fsp3) is 0.696. The van der Waals surface area contributed by atoms with Crippen LogP contribution in [-0.2, 0) is 16.2 Å². The SMILES string of the molecule is CCCS(=O)(=O)N1CCN(C2(CCC(=O)c3ccc(C(F)(F)F)cc3)CCCCC2)CC1.Cl. The van der Waals surface area contributed by atoms with Crippen molar-refractivity contribution in [1.29, 1.82) is 0 Å². The van der Waals surface area contributed by atoms with Gasteiger partial charge in [-0.3, -0.25) is 9.69 Å². The van der Waals surface area contributed by atoms with Gasteiger partial charge in [0.2, 0.25) is 10.0 Å². The van der Waals surface area contributed by atoms with Gasteiger partial charge in [0.1, 0.15) is 0 Å². The van der Waals surface area contributed by atoms with Crippen molar-refractivity contribution < 1.29 is 26.4 Å². The second kappa shape index (κ2) is 11.5. The largest absolute Gasteiger partial charge is 0.416 e. The van der Waals surface area contributed by atoms with E-state index in [4.69, 9.17) is 0 Å². The number of hydrogen-bond donors (Lipinski definition) is 0. The fourth-order valence-electron chi connectivity index (χ4n) is 5.10. The summed E-state index contributed by atoms with van der Waals surface area (Å²) < 4.78 is 64.7. The molecule has 2 aliphatic rings. The van der Waals surface area contributed by atoms with Gasteiger partial charge in [-0.15, -0.1) is 12.4 Å². The predicted molar refractivity (Wildman–Crippen MR) is 125 cm³/mol. The maximum absolute atomic E-state index is 12.8. The molecule has 0 N–H and O–H groups in total. The van der Waals surface area contributed by atoms with Crippen LogP contribution in [0.4, 0.5) is 13.2 Å². The molecule has 1 saturated carbocycles. The molecule has 1 aromatic carbocycles. The number of carbonyl (C=O) groups excluding carboxylic acids is 1. The molecule has 0 radical (unpaired) electrons. The third-order valence-corrected chi connectivity index (χ3v) is 8.98. The Morgan fingerprint density at radius 3 is 2.09 bits per heavy atom. The van der Waals surface area contributed by atoms with E-state index in [0.29, 0.717) is 44.6 Å². The first-order valence-corrected chi connectivity index (χ1v) is 13.1. The second-order valence-corrected chi connectivity index (χ2v) is 11.1. The van der Waals surface area contributed by atoms with Crippen LogP contribution in [0.5, 0.6) is 0 Å². The molecule has 0 unspecified atom stereocenters. The van der Waals surface area contributed by atoms with E-state index in [1.165, 1.54) is 12.1 Å². The Morgan fingerprint density at radius 1 is 1.00 bits per heavy atom. The van der Waals surface area contributed by atoms with Crippen LogP contribution >= 0.6 is 12.4 Å². The van der Waals surface area contributed by atoms with Crippen molar-refractivity contribution in [3.63, 3.8) is 0 Å². The molecule has 1 saturated heterocycles. The van der Waals surface area contributed by atoms with Gasteiger partial charge in [0.05, 0.1) is 11.3 Å². The van der Waals surface area contributed by atoms with E-state index in [9.17, 15) is 26.4 Å². The Kier molecular flexibility index (Phi) is 9.80. The van der Waals surface area contributed by atoms with E-state index in [0.717, 1.165) is 44.2 Å². The maximum atomic E-state index is 12.8. The zero-order chi connectivity index (χ0) is 23.4. The number of nitrogens with zero attached hydrogens (tertiary/aromatic N) is 2. The summed E-state index contributed by atoms with van der Waals surface area (Å²) in [4.78, 5) is 15.1. The smallest absolute Gasteiger partial charge is 0.295 e. The number of sulfonamides is 1. The monoisotopic (exact) mass is 510 g/mol. The van der Waals surface area contributed by atoms with E-state index in [1.54, 1.807) is 4.31 Å². The number of ketones is 1. The minimum Gasteiger partial charge on any atom is -0.295 e. The van der Waals surface area contributed by atoms with Crippen LogP contribution in [0.2, 0.25) is 0 Å². The lowest BCUT2D eigenvalue weighted by molar-refractivity contribution is -0.137. The van der Waals surface area contributed by atoms with Gasteiger partial charge in [0, 0.05) is 43.7 Å². The van der Waals surface area contributed by atoms with Crippen LogP contribution in [0.15, 0.2) is 24.3 Å². The molecule has 33 heavy (non-hydrogen) atoms. The molecule has 5 nitrogen and oxygen atoms in total. The number of Topliss-reactive ketones (excluding diaryl/α,β-unsaturated/α-hetero) is 1. The van der Waals surface area contributed by atoms with Crippen LogP contribution < -0.4 is 0 Å². The van der Waals surface area contributed by atoms with Crippen molar-refractivity contribution in [1.82, 2.24) is 9.21 Å². The number of alkyl halides is 3. The standard InChI is InChI=1S/C23H33F3N2O3S.ClH/c1-2-18-32(30,31)28-16-14-27(15-17-28)22(11-4-3-5-12-22)13-10-21(29)19-6-8-20(9-7-19)23(24,25)26;/h6-9H,2-5,10-18H2,1H3;1H. The first-order valence-electron chi connectivity index (χ1n) is 11.5. The molecule has 188 valence electrons. The summed E-state index contributed by atoms with van der Waals surface area (Å²) in [5.74, 6) is 0.0209. The lowest BCUT2D eigenvalue weighted by Gasteiger charge is -2.50. The Labute approximate surface area is 201 Å². The van der Waals surface area contributed by atoms with E-state index in [2.05, 4.69) is 4.90 Å². The van der Waals surface area contributed by atoms with Crippen molar-refractivity contribution in [3.05, 3.63) is 35.4 Å². The van der Waals surface area contributed by atoms with Crippen LogP contribution in [0.3, 0.4) is 0 Å². The van der Waals surface area contributed by atoms with Crippen molar-refractivity contribution in [2.24, 2.45) is 0 Å². The summed E-state index contributed by atoms with van der Waals surface area (Å²) in [6, 6.07) is 4.44. The second-order valence-electron chi connectivity index (χ2n) is 8.99. The number of hydrogen-bond acceptors (Lipinski definition) is 4. The van der Waals surface area contributed by atoms with Crippen LogP contribution in [0, 0.1) is 0 Å². The molecule has 10 heteroatoms. The first-order chi connectivity index (χ1) is 15.1. The Morgan fingerprint density at radius 2 is 1.58 bits per heavy atom. The number of halogens is 4. The quantitative estimate of drug-likeness (QED) is 0.454. The zero-order valence-electron chi connectivity index (χ0n) is 19.1. The molecule has 0 aromatic heterocycles. The van der Waals surface area contributed by atoms with Crippen LogP contribution in [0.1, 0.15) is 74.2 Å². The number of rotatable bonds is 8. The minimum atomic E-state index is -4.42. The summed E-state index contributed by atoms with van der Waals surface area (Å²) in [5.41, 5.74) is -0.589. The van der Waals surface area contributed by atoms with Gasteiger partial charge in [0.25, 0.3) is 0 Å². The highest BCUT2D eigenvalue weighted by Crippen LogP contribution is 2.39. The molecule has 1 heterocycles. The molecule has 1 aromatic rings. The van der Waals surface area contributed by atoms with Crippen LogP contribution in [-0.4, -0.2) is 60.9 Å². The highest BCUT2D eigenvalue weighted by molar-refractivity contribution is 7.89. The fourth-order valence-corrected chi connectivity index (χ4v) is 6.59. The number of benzene rings is 1. The average Bonchev–Trinajstić information content (AvgIpc) is 2.78. The minimum absolute atomic E-state index is 0. The predicted octanol–water partition coefficient (Wildman–Crippen LogP) is 5.15. The summed E-state index contributed by atoms with van der Waals surface area (Å²) >= 11 is 0. The van der Waals surface area contributed by atoms with Gasteiger partial charge < -0.3 is 0 Å². The van der Waals surface area contributed by atoms with Crippen molar-refractivity contribution in [3.8, 4) is 0 Å². The van der Waals surface area contributed by atoms with Gasteiger partial charge in [-0.25, -0.2) is 8.42 Å². The molecule has 2 fully saturated rings. The molecule has 1 aliphatic carbocycles. The molecule has 1 aliphatic heterocycles. The summed E-state index contributed by atoms with van der Waals surface area (Å²) in [6.07, 6.45) is 2.34. The molecule has 0 bridgehead atoms. The number of piperazine rings is 1. The Bertz CT molecular complexity index is 877. The van der Waals surface area contributed by atoms with Gasteiger partial charge in [0.15, 0.2) is 5.78 Å². The van der Waals surface area contributed by atoms with Crippen LogP contribution in [0.25, 0.3) is 0 Å². The molecule has 3 rings (SSSR count). The van der Waals surface area contributed by atoms with E-state index in [-0.39, 0.29) is 35.9 Å². The lowest BCUT2D eigenvalue weighted by atomic mass is 9.76. The van der Waals surface area contributed by atoms with Crippen molar-refractivity contribution in [2.75, 3.05) is 31.9 Å². The summed E-state index contributed by atoms with van der Waals surface area (Å²) in [7, 11) is -3.21. The Balaban J connectivity index is 0.00000385. The van der Waals surface area contributed by atoms with E-state index < -0.39 is 21.8 Å². The van der Waals surface area contributed by atoms with Crippen molar-refractivity contribution in [2.45, 2.75) is 70.0 Å². The maximum Gasteiger partial charge on any atom is 0.416 e. The highest BCUT2D eigenvalue weighted by Gasteiger charge is 2.40. The van der Waals surface area contributed by atoms with Crippen molar-refractivity contribution >= 4 is 28.2 Å². The molecular weight excluding hydrogens is 477 g/mol. The summed E-state index contributed by atoms with van der Waals surface area (Å²) in [5, 5.41) is 0. The summed E-state index contributed by atoms with van der Waals surface area (Å²) in [6.45, 7) is 4.10. The molecule has 0 atom stereocenters. The lowest BCUT2D eigenvalue weighted by Crippen LogP contribution is -2.58. The Hall–Kier alpha value is -1.16. The third-order valence-electron chi connectivity index (χ3n) is 6.90. The number of carbonyl (C=O) groups is 1. The molecule has 0 amide bonds. The highest BCUT2D eigenvalue weighted by atomic mass is 35.5. The third kappa shape index (κ3) is 6.93. The van der Waals surface area contributed by atoms with Gasteiger partial charge >= 0.3 is 6.18 Å². The first kappa shape index (κ1) is 28.1. The molecular formula is C23H34ClF3N2O3S. The van der Waals surface area contributed by atoms with Gasteiger partial charge in [-0.1, -0.05) is 38.3 Å². The zero-order valence-corrected chi connectivity index (χ0v) is 20.7.